The van der Waals surface area contributed by atoms with Crippen molar-refractivity contribution in [1.82, 2.24) is 5.32 Å². The number of allylic oxidation sites excluding steroid dienone is 2. The molecular weight excluding hydrogens is 374 g/mol. The second kappa shape index (κ2) is 8.31. The number of carbonyl (C=O) groups is 2. The number of carbonyl (C=O) groups excluding carboxylic acids is 2. The van der Waals surface area contributed by atoms with Crippen LogP contribution in [-0.4, -0.2) is 18.9 Å². The first-order valence-corrected chi connectivity index (χ1v) is 10.5. The van der Waals surface area contributed by atoms with E-state index in [2.05, 4.69) is 43.1 Å². The number of hydrogen-bond acceptors (Lipinski definition) is 4. The molecule has 2 aromatic rings. The number of nitrogens with one attached hydrogen (secondary N) is 1. The highest BCUT2D eigenvalue weighted by molar-refractivity contribution is 6.01. The van der Waals surface area contributed by atoms with Crippen LogP contribution in [0.4, 0.5) is 0 Å². The number of Topliss-reactive ketones (excluding diaryl/α,β-unsaturated/α-hetero) is 1. The van der Waals surface area contributed by atoms with Crippen molar-refractivity contribution in [2.45, 2.75) is 38.0 Å². The summed E-state index contributed by atoms with van der Waals surface area (Å²) < 4.78 is 5.09. The van der Waals surface area contributed by atoms with Crippen molar-refractivity contribution < 1.29 is 14.3 Å². The first-order valence-electron chi connectivity index (χ1n) is 10.5. The summed E-state index contributed by atoms with van der Waals surface area (Å²) in [7, 11) is 1.38. The lowest BCUT2D eigenvalue weighted by Gasteiger charge is -2.40. The van der Waals surface area contributed by atoms with Gasteiger partial charge < -0.3 is 10.1 Å². The Hall–Kier alpha value is -3.14. The fraction of sp³-hybridized carbons (Fsp3) is 0.308. The Labute approximate surface area is 177 Å². The number of hydrogen-bond donors (Lipinski definition) is 1. The fourth-order valence-electron chi connectivity index (χ4n) is 4.74. The quantitative estimate of drug-likeness (QED) is 0.759. The van der Waals surface area contributed by atoms with Gasteiger partial charge in [0.05, 0.1) is 7.11 Å². The molecule has 2 aliphatic rings. The van der Waals surface area contributed by atoms with Gasteiger partial charge >= 0.3 is 5.97 Å². The summed E-state index contributed by atoms with van der Waals surface area (Å²) in [5, 5.41) is 3.30. The minimum absolute atomic E-state index is 0.0866. The third kappa shape index (κ3) is 3.58. The van der Waals surface area contributed by atoms with Crippen LogP contribution in [0, 0.1) is 5.92 Å². The normalized spacial score (nSPS) is 23.6. The van der Waals surface area contributed by atoms with E-state index in [9.17, 15) is 9.59 Å². The maximum absolute atomic E-state index is 13.4. The van der Waals surface area contributed by atoms with Gasteiger partial charge in [-0.25, -0.2) is 0 Å². The lowest BCUT2D eigenvalue weighted by Crippen LogP contribution is -2.42. The molecule has 0 radical (unpaired) electrons. The SMILES string of the molecule is C=C1NC2=C(C(=O)CC(c3ccccc3)C2)C(c2ccc(CC)cc2)C1C(=O)OC. The number of esters is 1. The first kappa shape index (κ1) is 20.1. The number of aryl methyl sites for hydroxylation is 1. The third-order valence-corrected chi connectivity index (χ3v) is 6.31. The van der Waals surface area contributed by atoms with E-state index < -0.39 is 5.92 Å². The van der Waals surface area contributed by atoms with Crippen LogP contribution in [-0.2, 0) is 20.7 Å². The van der Waals surface area contributed by atoms with Crippen LogP contribution in [0.2, 0.25) is 0 Å². The van der Waals surface area contributed by atoms with Gasteiger partial charge in [0.15, 0.2) is 5.78 Å². The molecule has 3 atom stereocenters. The van der Waals surface area contributed by atoms with Crippen molar-refractivity contribution in [3.8, 4) is 0 Å². The van der Waals surface area contributed by atoms with E-state index >= 15 is 0 Å². The summed E-state index contributed by atoms with van der Waals surface area (Å²) in [6.45, 7) is 6.24. The van der Waals surface area contributed by atoms with Crippen molar-refractivity contribution >= 4 is 11.8 Å². The van der Waals surface area contributed by atoms with Crippen molar-refractivity contribution in [2.24, 2.45) is 5.92 Å². The van der Waals surface area contributed by atoms with Crippen LogP contribution < -0.4 is 5.32 Å². The topological polar surface area (TPSA) is 55.4 Å². The predicted octanol–water partition coefficient (Wildman–Crippen LogP) is 4.64. The summed E-state index contributed by atoms with van der Waals surface area (Å²) in [5.74, 6) is -1.17. The van der Waals surface area contributed by atoms with Gasteiger partial charge in [-0.3, -0.25) is 9.59 Å². The molecule has 0 amide bonds. The van der Waals surface area contributed by atoms with Gasteiger partial charge in [0.2, 0.25) is 0 Å². The largest absolute Gasteiger partial charge is 0.468 e. The molecule has 4 nitrogen and oxygen atoms in total. The maximum atomic E-state index is 13.4. The van der Waals surface area contributed by atoms with Gasteiger partial charge in [-0.15, -0.1) is 0 Å². The summed E-state index contributed by atoms with van der Waals surface area (Å²) in [6.07, 6.45) is 2.10. The molecule has 0 aromatic heterocycles. The lowest BCUT2D eigenvalue weighted by molar-refractivity contribution is -0.144. The number of ketones is 1. The van der Waals surface area contributed by atoms with E-state index in [1.54, 1.807) is 0 Å². The molecule has 1 N–H and O–H groups in total. The Morgan fingerprint density at radius 1 is 1.07 bits per heavy atom. The van der Waals surface area contributed by atoms with Gasteiger partial charge in [-0.2, -0.15) is 0 Å². The zero-order chi connectivity index (χ0) is 21.3. The van der Waals surface area contributed by atoms with E-state index in [-0.39, 0.29) is 23.6 Å². The van der Waals surface area contributed by atoms with Crippen LogP contribution in [0.5, 0.6) is 0 Å². The molecular formula is C26H27NO3. The number of ether oxygens (including phenoxy) is 1. The van der Waals surface area contributed by atoms with Gasteiger partial charge in [0.25, 0.3) is 0 Å². The molecule has 0 fully saturated rings. The second-order valence-corrected chi connectivity index (χ2v) is 8.06. The van der Waals surface area contributed by atoms with E-state index in [0.29, 0.717) is 17.7 Å². The van der Waals surface area contributed by atoms with E-state index in [1.165, 1.54) is 12.7 Å². The number of benzene rings is 2. The molecule has 2 aromatic carbocycles. The van der Waals surface area contributed by atoms with Crippen LogP contribution >= 0.6 is 0 Å². The smallest absolute Gasteiger partial charge is 0.315 e. The van der Waals surface area contributed by atoms with Gasteiger partial charge in [-0.1, -0.05) is 68.1 Å². The van der Waals surface area contributed by atoms with Crippen molar-refractivity contribution in [3.63, 3.8) is 0 Å². The summed E-state index contributed by atoms with van der Waals surface area (Å²) in [5.41, 5.74) is 5.50. The molecule has 0 spiro atoms. The monoisotopic (exact) mass is 401 g/mol. The zero-order valence-electron chi connectivity index (χ0n) is 17.5. The van der Waals surface area contributed by atoms with Crippen LogP contribution in [0.25, 0.3) is 0 Å². The van der Waals surface area contributed by atoms with E-state index in [1.807, 2.05) is 30.3 Å². The summed E-state index contributed by atoms with van der Waals surface area (Å²) in [4.78, 5) is 26.1. The Balaban J connectivity index is 1.79. The minimum atomic E-state index is -0.626. The standard InChI is InChI=1S/C26H27NO3/c1-4-17-10-12-19(13-11-17)24-23(26(29)30-3)16(2)27-21-14-20(15-22(28)25(21)24)18-8-6-5-7-9-18/h5-13,20,23-24,27H,2,4,14-15H2,1,3H3. The van der Waals surface area contributed by atoms with Crippen molar-refractivity contribution in [3.05, 3.63) is 94.8 Å². The van der Waals surface area contributed by atoms with E-state index in [4.69, 9.17) is 4.74 Å². The molecule has 4 heteroatoms. The Morgan fingerprint density at radius 2 is 1.77 bits per heavy atom. The van der Waals surface area contributed by atoms with E-state index in [0.717, 1.165) is 29.7 Å². The molecule has 0 bridgehead atoms. The average Bonchev–Trinajstić information content (AvgIpc) is 2.78. The molecule has 30 heavy (non-hydrogen) atoms. The molecule has 4 rings (SSSR count). The number of methoxy groups -OCH3 is 1. The molecule has 1 aliphatic heterocycles. The second-order valence-electron chi connectivity index (χ2n) is 8.06. The molecule has 3 unspecified atom stereocenters. The van der Waals surface area contributed by atoms with Gasteiger partial charge in [-0.05, 0) is 35.4 Å². The lowest BCUT2D eigenvalue weighted by atomic mass is 9.69. The highest BCUT2D eigenvalue weighted by Crippen LogP contribution is 2.47. The van der Waals surface area contributed by atoms with Gasteiger partial charge in [0, 0.05) is 29.3 Å². The Morgan fingerprint density at radius 3 is 2.40 bits per heavy atom. The molecule has 0 saturated heterocycles. The van der Waals surface area contributed by atoms with Gasteiger partial charge in [0.1, 0.15) is 5.92 Å². The van der Waals surface area contributed by atoms with Crippen LogP contribution in [0.3, 0.4) is 0 Å². The molecule has 1 heterocycles. The van der Waals surface area contributed by atoms with Crippen molar-refractivity contribution in [1.29, 1.82) is 0 Å². The average molecular weight is 402 g/mol. The maximum Gasteiger partial charge on any atom is 0.315 e. The van der Waals surface area contributed by atoms with Crippen LogP contribution in [0.1, 0.15) is 48.3 Å². The highest BCUT2D eigenvalue weighted by Gasteiger charge is 2.45. The Kier molecular flexibility index (Phi) is 5.58. The summed E-state index contributed by atoms with van der Waals surface area (Å²) >= 11 is 0. The minimum Gasteiger partial charge on any atom is -0.468 e. The van der Waals surface area contributed by atoms with Crippen LogP contribution in [0.15, 0.2) is 78.1 Å². The zero-order valence-corrected chi connectivity index (χ0v) is 17.5. The fourth-order valence-corrected chi connectivity index (χ4v) is 4.74. The number of rotatable bonds is 4. The molecule has 0 saturated carbocycles. The predicted molar refractivity (Wildman–Crippen MR) is 117 cm³/mol. The highest BCUT2D eigenvalue weighted by atomic mass is 16.5. The molecule has 154 valence electrons. The third-order valence-electron chi connectivity index (χ3n) is 6.31. The van der Waals surface area contributed by atoms with Crippen molar-refractivity contribution in [2.75, 3.05) is 7.11 Å². The molecule has 1 aliphatic carbocycles. The summed E-state index contributed by atoms with van der Waals surface area (Å²) in [6, 6.07) is 18.3. The Bertz CT molecular complexity index is 1000. The first-order chi connectivity index (χ1) is 14.5.